The summed E-state index contributed by atoms with van der Waals surface area (Å²) >= 11 is 0. The molecule has 1 aliphatic carbocycles. The number of anilines is 1. The predicted molar refractivity (Wildman–Crippen MR) is 125 cm³/mol. The third-order valence-corrected chi connectivity index (χ3v) is 8.23. The van der Waals surface area contributed by atoms with Crippen LogP contribution in [0.3, 0.4) is 0 Å². The van der Waals surface area contributed by atoms with Gasteiger partial charge in [-0.2, -0.15) is 13.2 Å². The molecule has 5 rings (SSSR count). The standard InChI is InChI=1S/C26H36F3N3O2/c27-26(28,29)22-2-1-3-23(16-22)31-10-12-32(13-11-31)24(33)25(17-20-4-5-20)8-9-30(19-25)18-21-6-14-34-15-7-21/h1-3,16,20-21H,4-15,17-19H2. The van der Waals surface area contributed by atoms with Crippen LogP contribution in [0.4, 0.5) is 18.9 Å². The third kappa shape index (κ3) is 5.38. The van der Waals surface area contributed by atoms with E-state index in [0.717, 1.165) is 64.6 Å². The summed E-state index contributed by atoms with van der Waals surface area (Å²) in [5.74, 6) is 1.62. The molecule has 8 heteroatoms. The molecule has 1 saturated carbocycles. The minimum absolute atomic E-state index is 0.276. The van der Waals surface area contributed by atoms with Gasteiger partial charge >= 0.3 is 6.18 Å². The van der Waals surface area contributed by atoms with Gasteiger partial charge in [0.25, 0.3) is 0 Å². The van der Waals surface area contributed by atoms with Gasteiger partial charge in [-0.1, -0.05) is 18.9 Å². The minimum Gasteiger partial charge on any atom is -0.381 e. The Labute approximate surface area is 200 Å². The van der Waals surface area contributed by atoms with Gasteiger partial charge in [0, 0.05) is 58.2 Å². The van der Waals surface area contributed by atoms with Crippen LogP contribution in [0.1, 0.15) is 44.1 Å². The maximum atomic E-state index is 13.9. The van der Waals surface area contributed by atoms with E-state index in [0.29, 0.717) is 43.7 Å². The van der Waals surface area contributed by atoms with Crippen LogP contribution in [0.15, 0.2) is 24.3 Å². The summed E-state index contributed by atoms with van der Waals surface area (Å²) in [6.45, 7) is 6.88. The summed E-state index contributed by atoms with van der Waals surface area (Å²) in [4.78, 5) is 20.3. The SMILES string of the molecule is O=C(N1CCN(c2cccc(C(F)(F)F)c2)CC1)C1(CC2CC2)CCN(CC2CCOCC2)C1. The second kappa shape index (κ2) is 9.69. The molecular formula is C26H36F3N3O2. The first-order chi connectivity index (χ1) is 16.3. The molecule has 1 amide bonds. The number of amides is 1. The van der Waals surface area contributed by atoms with Crippen LogP contribution in [0, 0.1) is 17.3 Å². The number of alkyl halides is 3. The lowest BCUT2D eigenvalue weighted by atomic mass is 9.80. The van der Waals surface area contributed by atoms with E-state index in [1.165, 1.54) is 25.0 Å². The van der Waals surface area contributed by atoms with Crippen LogP contribution >= 0.6 is 0 Å². The van der Waals surface area contributed by atoms with E-state index in [1.54, 1.807) is 6.07 Å². The van der Waals surface area contributed by atoms with Crippen molar-refractivity contribution in [2.45, 2.75) is 44.7 Å². The van der Waals surface area contributed by atoms with Gasteiger partial charge in [0.2, 0.25) is 5.91 Å². The van der Waals surface area contributed by atoms with Gasteiger partial charge in [-0.25, -0.2) is 0 Å². The molecule has 3 aliphatic heterocycles. The lowest BCUT2D eigenvalue weighted by molar-refractivity contribution is -0.142. The zero-order valence-corrected chi connectivity index (χ0v) is 19.9. The van der Waals surface area contributed by atoms with Crippen LogP contribution in [-0.4, -0.2) is 74.7 Å². The number of nitrogens with zero attached hydrogens (tertiary/aromatic N) is 3. The molecule has 1 aromatic carbocycles. The second-order valence-corrected chi connectivity index (χ2v) is 10.8. The van der Waals surface area contributed by atoms with Crippen molar-refractivity contribution in [2.75, 3.05) is 63.9 Å². The van der Waals surface area contributed by atoms with Crippen molar-refractivity contribution in [1.82, 2.24) is 9.80 Å². The fourth-order valence-corrected chi connectivity index (χ4v) is 6.09. The summed E-state index contributed by atoms with van der Waals surface area (Å²) in [5, 5.41) is 0. The van der Waals surface area contributed by atoms with E-state index in [2.05, 4.69) is 4.90 Å². The molecular weight excluding hydrogens is 443 g/mol. The van der Waals surface area contributed by atoms with Crippen molar-refractivity contribution in [2.24, 2.45) is 17.3 Å². The molecule has 4 aliphatic rings. The maximum absolute atomic E-state index is 13.9. The summed E-state index contributed by atoms with van der Waals surface area (Å²) in [6.07, 6.45) is 2.26. The molecule has 4 fully saturated rings. The fraction of sp³-hybridized carbons (Fsp3) is 0.731. The van der Waals surface area contributed by atoms with E-state index in [4.69, 9.17) is 4.74 Å². The van der Waals surface area contributed by atoms with Crippen LogP contribution in [-0.2, 0) is 15.7 Å². The van der Waals surface area contributed by atoms with Crippen LogP contribution in [0.25, 0.3) is 0 Å². The van der Waals surface area contributed by atoms with Gasteiger partial charge in [0.05, 0.1) is 11.0 Å². The first-order valence-corrected chi connectivity index (χ1v) is 12.8. The average Bonchev–Trinajstić information content (AvgIpc) is 3.57. The van der Waals surface area contributed by atoms with Gasteiger partial charge in [-0.15, -0.1) is 0 Å². The predicted octanol–water partition coefficient (Wildman–Crippen LogP) is 4.27. The van der Waals surface area contributed by atoms with Crippen molar-refractivity contribution in [1.29, 1.82) is 0 Å². The smallest absolute Gasteiger partial charge is 0.381 e. The Morgan fingerprint density at radius 1 is 1.00 bits per heavy atom. The number of halogens is 3. The molecule has 0 N–H and O–H groups in total. The Morgan fingerprint density at radius 3 is 2.41 bits per heavy atom. The Balaban J connectivity index is 1.21. The van der Waals surface area contributed by atoms with E-state index >= 15 is 0 Å². The summed E-state index contributed by atoms with van der Waals surface area (Å²) in [7, 11) is 0. The van der Waals surface area contributed by atoms with E-state index < -0.39 is 11.7 Å². The minimum atomic E-state index is -4.35. The van der Waals surface area contributed by atoms with Gasteiger partial charge in [-0.3, -0.25) is 4.79 Å². The number of piperazine rings is 1. The molecule has 0 spiro atoms. The van der Waals surface area contributed by atoms with Crippen LogP contribution < -0.4 is 4.90 Å². The number of rotatable bonds is 6. The molecule has 5 nitrogen and oxygen atoms in total. The molecule has 1 atom stereocenters. The Kier molecular flexibility index (Phi) is 6.81. The Hall–Kier alpha value is -1.80. The van der Waals surface area contributed by atoms with Crippen molar-refractivity contribution in [3.63, 3.8) is 0 Å². The molecule has 1 unspecified atom stereocenters. The molecule has 1 aromatic rings. The molecule has 0 aromatic heterocycles. The average molecular weight is 480 g/mol. The lowest BCUT2D eigenvalue weighted by Crippen LogP contribution is -2.54. The summed E-state index contributed by atoms with van der Waals surface area (Å²) < 4.78 is 44.9. The van der Waals surface area contributed by atoms with Crippen molar-refractivity contribution >= 4 is 11.6 Å². The Morgan fingerprint density at radius 2 is 1.74 bits per heavy atom. The highest BCUT2D eigenvalue weighted by Gasteiger charge is 2.49. The fourth-order valence-electron chi connectivity index (χ4n) is 6.09. The first kappa shape index (κ1) is 23.9. The number of hydrogen-bond acceptors (Lipinski definition) is 4. The lowest BCUT2D eigenvalue weighted by Gasteiger charge is -2.41. The topological polar surface area (TPSA) is 36.0 Å². The number of benzene rings is 1. The summed E-state index contributed by atoms with van der Waals surface area (Å²) in [6, 6.07) is 5.52. The highest BCUT2D eigenvalue weighted by molar-refractivity contribution is 5.84. The van der Waals surface area contributed by atoms with E-state index in [-0.39, 0.29) is 11.3 Å². The zero-order chi connectivity index (χ0) is 23.8. The Bertz CT molecular complexity index is 861. The number of hydrogen-bond donors (Lipinski definition) is 0. The molecule has 188 valence electrons. The van der Waals surface area contributed by atoms with Crippen molar-refractivity contribution in [3.8, 4) is 0 Å². The van der Waals surface area contributed by atoms with E-state index in [9.17, 15) is 18.0 Å². The number of carbonyl (C=O) groups is 1. The van der Waals surface area contributed by atoms with Gasteiger partial charge < -0.3 is 19.4 Å². The zero-order valence-electron chi connectivity index (χ0n) is 19.9. The van der Waals surface area contributed by atoms with Gasteiger partial charge in [0.15, 0.2) is 0 Å². The molecule has 3 saturated heterocycles. The number of ether oxygens (including phenoxy) is 1. The number of carbonyl (C=O) groups excluding carboxylic acids is 1. The molecule has 0 radical (unpaired) electrons. The van der Waals surface area contributed by atoms with Crippen LogP contribution in [0.5, 0.6) is 0 Å². The highest BCUT2D eigenvalue weighted by atomic mass is 19.4. The molecule has 0 bridgehead atoms. The largest absolute Gasteiger partial charge is 0.416 e. The monoisotopic (exact) mass is 479 g/mol. The first-order valence-electron chi connectivity index (χ1n) is 12.8. The molecule has 34 heavy (non-hydrogen) atoms. The highest BCUT2D eigenvalue weighted by Crippen LogP contribution is 2.46. The maximum Gasteiger partial charge on any atom is 0.416 e. The normalized spacial score (nSPS) is 27.4. The molecule has 3 heterocycles. The van der Waals surface area contributed by atoms with Crippen LogP contribution in [0.2, 0.25) is 0 Å². The van der Waals surface area contributed by atoms with Gasteiger partial charge in [0.1, 0.15) is 0 Å². The van der Waals surface area contributed by atoms with E-state index in [1.807, 2.05) is 9.80 Å². The van der Waals surface area contributed by atoms with Crippen molar-refractivity contribution in [3.05, 3.63) is 29.8 Å². The van der Waals surface area contributed by atoms with Gasteiger partial charge in [-0.05, 0) is 62.3 Å². The third-order valence-electron chi connectivity index (χ3n) is 8.23. The second-order valence-electron chi connectivity index (χ2n) is 10.8. The number of likely N-dealkylation sites (tertiary alicyclic amines) is 1. The quantitative estimate of drug-likeness (QED) is 0.611. The summed E-state index contributed by atoms with van der Waals surface area (Å²) in [5.41, 5.74) is -0.328. The van der Waals surface area contributed by atoms with Crippen molar-refractivity contribution < 1.29 is 22.7 Å².